The molecule has 2 aromatic rings. The Morgan fingerprint density at radius 3 is 2.89 bits per heavy atom. The van der Waals surface area contributed by atoms with Gasteiger partial charge in [-0.25, -0.2) is 0 Å². The molecule has 0 saturated carbocycles. The minimum Gasteiger partial charge on any atom is -0.347 e. The van der Waals surface area contributed by atoms with Crippen molar-refractivity contribution in [1.82, 2.24) is 15.1 Å². The molecule has 0 fully saturated rings. The van der Waals surface area contributed by atoms with Crippen molar-refractivity contribution in [3.8, 4) is 0 Å². The Hall–Kier alpha value is -1.62. The van der Waals surface area contributed by atoms with Crippen LogP contribution in [0.2, 0.25) is 0 Å². The van der Waals surface area contributed by atoms with Gasteiger partial charge in [0, 0.05) is 17.3 Å². The molecule has 18 heavy (non-hydrogen) atoms. The van der Waals surface area contributed by atoms with Crippen LogP contribution in [0.15, 0.2) is 36.0 Å². The quantitative estimate of drug-likeness (QED) is 0.900. The molecule has 2 aromatic heterocycles. The fourth-order valence-electron chi connectivity index (χ4n) is 1.79. The normalized spacial score (nSPS) is 12.6. The maximum absolute atomic E-state index is 12.0. The molecule has 1 atom stereocenters. The zero-order valence-corrected chi connectivity index (χ0v) is 11.4. The number of amides is 1. The smallest absolute Gasteiger partial charge is 0.242 e. The van der Waals surface area contributed by atoms with Crippen LogP contribution in [0.5, 0.6) is 0 Å². The van der Waals surface area contributed by atoms with E-state index in [0.29, 0.717) is 5.92 Å². The van der Waals surface area contributed by atoms with Crippen LogP contribution in [0.3, 0.4) is 0 Å². The van der Waals surface area contributed by atoms with Gasteiger partial charge in [-0.3, -0.25) is 9.48 Å². The van der Waals surface area contributed by atoms with E-state index in [1.807, 2.05) is 17.5 Å². The summed E-state index contributed by atoms with van der Waals surface area (Å²) in [5.41, 5.74) is 0. The third-order valence-electron chi connectivity index (χ3n) is 2.70. The second-order valence-electron chi connectivity index (χ2n) is 4.51. The van der Waals surface area contributed by atoms with Gasteiger partial charge in [0.2, 0.25) is 5.91 Å². The lowest BCUT2D eigenvalue weighted by molar-refractivity contribution is -0.122. The van der Waals surface area contributed by atoms with Crippen LogP contribution in [-0.4, -0.2) is 15.7 Å². The molecule has 0 saturated heterocycles. The zero-order valence-electron chi connectivity index (χ0n) is 10.5. The number of hydrogen-bond donors (Lipinski definition) is 1. The average Bonchev–Trinajstić information content (AvgIpc) is 2.97. The average molecular weight is 263 g/mol. The van der Waals surface area contributed by atoms with E-state index in [9.17, 15) is 4.79 Å². The Morgan fingerprint density at radius 1 is 1.50 bits per heavy atom. The summed E-state index contributed by atoms with van der Waals surface area (Å²) in [4.78, 5) is 13.1. The SMILES string of the molecule is CC(C)[C@@H](NC(=O)Cn1cccn1)c1cccs1. The summed E-state index contributed by atoms with van der Waals surface area (Å²) in [5, 5.41) is 9.13. The van der Waals surface area contributed by atoms with Crippen molar-refractivity contribution in [3.63, 3.8) is 0 Å². The first kappa shape index (κ1) is 12.8. The molecular formula is C13H17N3OS. The van der Waals surface area contributed by atoms with E-state index in [-0.39, 0.29) is 18.5 Å². The van der Waals surface area contributed by atoms with Gasteiger partial charge in [-0.1, -0.05) is 19.9 Å². The summed E-state index contributed by atoms with van der Waals surface area (Å²) in [6.07, 6.45) is 3.46. The summed E-state index contributed by atoms with van der Waals surface area (Å²) in [6, 6.07) is 5.96. The van der Waals surface area contributed by atoms with E-state index in [2.05, 4.69) is 30.3 Å². The Balaban J connectivity index is 1.99. The summed E-state index contributed by atoms with van der Waals surface area (Å²) in [6.45, 7) is 4.48. The minimum atomic E-state index is -0.00852. The van der Waals surface area contributed by atoms with Crippen LogP contribution in [0.1, 0.15) is 24.8 Å². The van der Waals surface area contributed by atoms with E-state index in [0.717, 1.165) is 0 Å². The van der Waals surface area contributed by atoms with E-state index in [1.165, 1.54) is 4.88 Å². The molecule has 2 heterocycles. The lowest BCUT2D eigenvalue weighted by Gasteiger charge is -2.21. The summed E-state index contributed by atoms with van der Waals surface area (Å²) < 4.78 is 1.63. The third kappa shape index (κ3) is 3.20. The van der Waals surface area contributed by atoms with Crippen molar-refractivity contribution in [3.05, 3.63) is 40.8 Å². The van der Waals surface area contributed by atoms with Gasteiger partial charge in [0.25, 0.3) is 0 Å². The molecule has 96 valence electrons. The van der Waals surface area contributed by atoms with Crippen molar-refractivity contribution in [2.24, 2.45) is 5.92 Å². The largest absolute Gasteiger partial charge is 0.347 e. The molecule has 0 radical (unpaired) electrons. The van der Waals surface area contributed by atoms with Crippen LogP contribution in [0, 0.1) is 5.92 Å². The number of aromatic nitrogens is 2. The van der Waals surface area contributed by atoms with Gasteiger partial charge in [0.05, 0.1) is 6.04 Å². The highest BCUT2D eigenvalue weighted by atomic mass is 32.1. The van der Waals surface area contributed by atoms with Crippen LogP contribution >= 0.6 is 11.3 Å². The van der Waals surface area contributed by atoms with Crippen molar-refractivity contribution in [1.29, 1.82) is 0 Å². The molecule has 0 aliphatic heterocycles. The monoisotopic (exact) mass is 263 g/mol. The van der Waals surface area contributed by atoms with Crippen LogP contribution in [-0.2, 0) is 11.3 Å². The Labute approximate surface area is 111 Å². The number of carbonyl (C=O) groups is 1. The van der Waals surface area contributed by atoms with Gasteiger partial charge < -0.3 is 5.32 Å². The van der Waals surface area contributed by atoms with E-state index >= 15 is 0 Å². The first-order valence-corrected chi connectivity index (χ1v) is 6.85. The molecule has 0 spiro atoms. The molecule has 5 heteroatoms. The number of nitrogens with zero attached hydrogens (tertiary/aromatic N) is 2. The molecule has 0 aliphatic carbocycles. The van der Waals surface area contributed by atoms with Gasteiger partial charge in [-0.15, -0.1) is 11.3 Å². The molecule has 0 bridgehead atoms. The third-order valence-corrected chi connectivity index (χ3v) is 3.65. The number of hydrogen-bond acceptors (Lipinski definition) is 3. The summed E-state index contributed by atoms with van der Waals surface area (Å²) in [7, 11) is 0. The van der Waals surface area contributed by atoms with Gasteiger partial charge in [-0.2, -0.15) is 5.10 Å². The molecule has 4 nitrogen and oxygen atoms in total. The molecule has 2 rings (SSSR count). The van der Waals surface area contributed by atoms with E-state index in [1.54, 1.807) is 28.4 Å². The van der Waals surface area contributed by atoms with Gasteiger partial charge in [-0.05, 0) is 23.4 Å². The lowest BCUT2D eigenvalue weighted by Crippen LogP contribution is -2.33. The van der Waals surface area contributed by atoms with Crippen molar-refractivity contribution in [2.45, 2.75) is 26.4 Å². The number of carbonyl (C=O) groups excluding carboxylic acids is 1. The second-order valence-corrected chi connectivity index (χ2v) is 5.49. The maximum Gasteiger partial charge on any atom is 0.242 e. The molecule has 0 unspecified atom stereocenters. The van der Waals surface area contributed by atoms with E-state index < -0.39 is 0 Å². The van der Waals surface area contributed by atoms with E-state index in [4.69, 9.17) is 0 Å². The topological polar surface area (TPSA) is 46.9 Å². The standard InChI is InChI=1S/C13H17N3OS/c1-10(2)13(11-5-3-8-18-11)15-12(17)9-16-7-4-6-14-16/h3-8,10,13H,9H2,1-2H3,(H,15,17)/t13-/m1/s1. The highest BCUT2D eigenvalue weighted by molar-refractivity contribution is 7.10. The zero-order chi connectivity index (χ0) is 13.0. The van der Waals surface area contributed by atoms with Crippen LogP contribution in [0.4, 0.5) is 0 Å². The molecule has 0 aromatic carbocycles. The first-order chi connectivity index (χ1) is 8.66. The predicted octanol–water partition coefficient (Wildman–Crippen LogP) is 2.46. The second kappa shape index (κ2) is 5.82. The highest BCUT2D eigenvalue weighted by Crippen LogP contribution is 2.25. The number of nitrogens with one attached hydrogen (secondary N) is 1. The van der Waals surface area contributed by atoms with Crippen molar-refractivity contribution >= 4 is 17.2 Å². The Kier molecular flexibility index (Phi) is 4.15. The number of thiophene rings is 1. The summed E-state index contributed by atoms with van der Waals surface area (Å²) in [5.74, 6) is 0.357. The summed E-state index contributed by atoms with van der Waals surface area (Å²) >= 11 is 1.67. The highest BCUT2D eigenvalue weighted by Gasteiger charge is 2.19. The Morgan fingerprint density at radius 2 is 2.33 bits per heavy atom. The van der Waals surface area contributed by atoms with Gasteiger partial charge in [0.1, 0.15) is 6.54 Å². The fourth-order valence-corrected chi connectivity index (χ4v) is 2.74. The van der Waals surface area contributed by atoms with Crippen LogP contribution in [0.25, 0.3) is 0 Å². The van der Waals surface area contributed by atoms with Gasteiger partial charge >= 0.3 is 0 Å². The number of rotatable bonds is 5. The molecule has 1 N–H and O–H groups in total. The fraction of sp³-hybridized carbons (Fsp3) is 0.385. The van der Waals surface area contributed by atoms with Crippen molar-refractivity contribution < 1.29 is 4.79 Å². The minimum absolute atomic E-state index is 0.00852. The van der Waals surface area contributed by atoms with Crippen molar-refractivity contribution in [2.75, 3.05) is 0 Å². The molecule has 0 aliphatic rings. The predicted molar refractivity (Wildman–Crippen MR) is 72.3 cm³/mol. The Bertz CT molecular complexity index is 476. The molecule has 1 amide bonds. The first-order valence-electron chi connectivity index (χ1n) is 5.97. The maximum atomic E-state index is 12.0. The lowest BCUT2D eigenvalue weighted by atomic mass is 10.0. The van der Waals surface area contributed by atoms with Crippen LogP contribution < -0.4 is 5.32 Å². The van der Waals surface area contributed by atoms with Gasteiger partial charge in [0.15, 0.2) is 0 Å². The molecular weight excluding hydrogens is 246 g/mol.